The van der Waals surface area contributed by atoms with Gasteiger partial charge in [0, 0.05) is 6.54 Å². The largest absolute Gasteiger partial charge is 0.573 e. The first-order chi connectivity index (χ1) is 7.89. The van der Waals surface area contributed by atoms with Gasteiger partial charge in [-0.2, -0.15) is 0 Å². The molecule has 94 valence electrons. The molecule has 0 radical (unpaired) electrons. The molecule has 1 aliphatic rings. The van der Waals surface area contributed by atoms with Crippen LogP contribution in [-0.2, 0) is 5.67 Å². The molecule has 0 aromatic heterocycles. The lowest BCUT2D eigenvalue weighted by molar-refractivity contribution is -0.274. The standard InChI is InChI=1S/C11H11F4NO/c12-10(4-5-16-7-10)8-2-1-3-9(6-8)17-11(13,14)15/h1-3,6,16H,4-5,7H2. The van der Waals surface area contributed by atoms with E-state index in [1.165, 1.54) is 12.1 Å². The zero-order valence-electron chi connectivity index (χ0n) is 8.85. The molecule has 1 unspecified atom stereocenters. The van der Waals surface area contributed by atoms with Gasteiger partial charge in [-0.05, 0) is 30.7 Å². The number of hydrogen-bond acceptors (Lipinski definition) is 2. The number of hydrogen-bond donors (Lipinski definition) is 1. The van der Waals surface area contributed by atoms with Crippen molar-refractivity contribution in [3.63, 3.8) is 0 Å². The average molecular weight is 249 g/mol. The van der Waals surface area contributed by atoms with Gasteiger partial charge >= 0.3 is 6.36 Å². The minimum Gasteiger partial charge on any atom is -0.406 e. The highest BCUT2D eigenvalue weighted by atomic mass is 19.4. The van der Waals surface area contributed by atoms with Crippen LogP contribution in [0.2, 0.25) is 0 Å². The van der Waals surface area contributed by atoms with Crippen molar-refractivity contribution in [1.29, 1.82) is 0 Å². The molecule has 1 N–H and O–H groups in total. The van der Waals surface area contributed by atoms with Crippen molar-refractivity contribution >= 4 is 0 Å². The van der Waals surface area contributed by atoms with Crippen molar-refractivity contribution < 1.29 is 22.3 Å². The van der Waals surface area contributed by atoms with E-state index in [0.717, 1.165) is 12.1 Å². The van der Waals surface area contributed by atoms with E-state index in [-0.39, 0.29) is 24.3 Å². The molecule has 0 amide bonds. The summed E-state index contributed by atoms with van der Waals surface area (Å²) < 4.78 is 54.1. The first-order valence-electron chi connectivity index (χ1n) is 5.15. The average Bonchev–Trinajstić information content (AvgIpc) is 2.64. The first kappa shape index (κ1) is 12.2. The van der Waals surface area contributed by atoms with Crippen LogP contribution in [-0.4, -0.2) is 19.5 Å². The molecular weight excluding hydrogens is 238 g/mol. The van der Waals surface area contributed by atoms with Crippen LogP contribution in [0.4, 0.5) is 17.6 Å². The molecular formula is C11H11F4NO. The van der Waals surface area contributed by atoms with Crippen LogP contribution in [0, 0.1) is 0 Å². The Hall–Kier alpha value is -1.30. The van der Waals surface area contributed by atoms with Gasteiger partial charge < -0.3 is 10.1 Å². The maximum absolute atomic E-state index is 14.3. The quantitative estimate of drug-likeness (QED) is 0.814. The van der Waals surface area contributed by atoms with Crippen LogP contribution in [0.3, 0.4) is 0 Å². The van der Waals surface area contributed by atoms with Crippen molar-refractivity contribution in [3.05, 3.63) is 29.8 Å². The highest BCUT2D eigenvalue weighted by molar-refractivity contribution is 5.33. The Morgan fingerprint density at radius 3 is 2.65 bits per heavy atom. The molecule has 1 aromatic rings. The molecule has 1 atom stereocenters. The lowest BCUT2D eigenvalue weighted by atomic mass is 9.95. The maximum atomic E-state index is 14.3. The molecule has 6 heteroatoms. The Morgan fingerprint density at radius 2 is 2.06 bits per heavy atom. The van der Waals surface area contributed by atoms with Crippen LogP contribution >= 0.6 is 0 Å². The predicted octanol–water partition coefficient (Wildman–Crippen LogP) is 2.74. The molecule has 1 heterocycles. The third-order valence-corrected chi connectivity index (χ3v) is 2.69. The first-order valence-corrected chi connectivity index (χ1v) is 5.15. The van der Waals surface area contributed by atoms with Gasteiger partial charge in [-0.15, -0.1) is 13.2 Å². The molecule has 1 saturated heterocycles. The highest BCUT2D eigenvalue weighted by Gasteiger charge is 2.36. The molecule has 0 saturated carbocycles. The topological polar surface area (TPSA) is 21.3 Å². The zero-order valence-corrected chi connectivity index (χ0v) is 8.85. The van der Waals surface area contributed by atoms with E-state index in [4.69, 9.17) is 0 Å². The van der Waals surface area contributed by atoms with E-state index in [9.17, 15) is 17.6 Å². The van der Waals surface area contributed by atoms with Crippen molar-refractivity contribution in [2.45, 2.75) is 18.5 Å². The highest BCUT2D eigenvalue weighted by Crippen LogP contribution is 2.34. The molecule has 0 spiro atoms. The SMILES string of the molecule is FC(F)(F)Oc1cccc(C2(F)CCNC2)c1. The third-order valence-electron chi connectivity index (χ3n) is 2.69. The van der Waals surface area contributed by atoms with Crippen LogP contribution in [0.5, 0.6) is 5.75 Å². The van der Waals surface area contributed by atoms with E-state index in [1.807, 2.05) is 0 Å². The molecule has 2 nitrogen and oxygen atoms in total. The van der Waals surface area contributed by atoms with Crippen LogP contribution in [0.15, 0.2) is 24.3 Å². The van der Waals surface area contributed by atoms with Gasteiger partial charge in [0.25, 0.3) is 0 Å². The number of ether oxygens (including phenoxy) is 1. The lowest BCUT2D eigenvalue weighted by Crippen LogP contribution is -2.23. The third kappa shape index (κ3) is 2.88. The summed E-state index contributed by atoms with van der Waals surface area (Å²) in [6.45, 7) is 0.628. The number of benzene rings is 1. The van der Waals surface area contributed by atoms with Crippen LogP contribution in [0.1, 0.15) is 12.0 Å². The molecule has 1 aromatic carbocycles. The number of rotatable bonds is 2. The summed E-state index contributed by atoms with van der Waals surface area (Å²) >= 11 is 0. The normalized spacial score (nSPS) is 24.9. The Balaban J connectivity index is 2.22. The van der Waals surface area contributed by atoms with Gasteiger partial charge in [0.1, 0.15) is 11.4 Å². The van der Waals surface area contributed by atoms with Crippen LogP contribution < -0.4 is 10.1 Å². The van der Waals surface area contributed by atoms with Gasteiger partial charge in [-0.1, -0.05) is 12.1 Å². The van der Waals surface area contributed by atoms with Crippen molar-refractivity contribution in [2.24, 2.45) is 0 Å². The molecule has 1 fully saturated rings. The van der Waals surface area contributed by atoms with E-state index < -0.39 is 12.0 Å². The van der Waals surface area contributed by atoms with E-state index in [2.05, 4.69) is 10.1 Å². The van der Waals surface area contributed by atoms with E-state index in [0.29, 0.717) is 6.54 Å². The zero-order chi connectivity index (χ0) is 12.5. The monoisotopic (exact) mass is 249 g/mol. The van der Waals surface area contributed by atoms with E-state index in [1.54, 1.807) is 0 Å². The lowest BCUT2D eigenvalue weighted by Gasteiger charge is -2.19. The fourth-order valence-electron chi connectivity index (χ4n) is 1.88. The summed E-state index contributed by atoms with van der Waals surface area (Å²) in [4.78, 5) is 0. The van der Waals surface area contributed by atoms with Crippen LogP contribution in [0.25, 0.3) is 0 Å². The van der Waals surface area contributed by atoms with Gasteiger partial charge in [-0.25, -0.2) is 4.39 Å². The second kappa shape index (κ2) is 4.18. The van der Waals surface area contributed by atoms with Gasteiger partial charge in [0.15, 0.2) is 0 Å². The smallest absolute Gasteiger partial charge is 0.406 e. The van der Waals surface area contributed by atoms with Crippen molar-refractivity contribution in [2.75, 3.05) is 13.1 Å². The Bertz CT molecular complexity index is 399. The summed E-state index contributed by atoms with van der Waals surface area (Å²) in [6, 6.07) is 5.08. The Labute approximate surface area is 95.6 Å². The number of nitrogens with one attached hydrogen (secondary N) is 1. The minimum absolute atomic E-state index is 0.114. The molecule has 17 heavy (non-hydrogen) atoms. The van der Waals surface area contributed by atoms with E-state index >= 15 is 0 Å². The summed E-state index contributed by atoms with van der Waals surface area (Å²) in [5, 5.41) is 2.84. The molecule has 1 aliphatic heterocycles. The predicted molar refractivity (Wildman–Crippen MR) is 53.4 cm³/mol. The van der Waals surface area contributed by atoms with Crippen molar-refractivity contribution in [1.82, 2.24) is 5.32 Å². The number of halogens is 4. The molecule has 0 aliphatic carbocycles. The Morgan fingerprint density at radius 1 is 1.29 bits per heavy atom. The second-order valence-corrected chi connectivity index (χ2v) is 3.97. The Kier molecular flexibility index (Phi) is 2.99. The second-order valence-electron chi connectivity index (χ2n) is 3.97. The fraction of sp³-hybridized carbons (Fsp3) is 0.455. The summed E-state index contributed by atoms with van der Waals surface area (Å²) in [6.07, 6.45) is -4.50. The maximum Gasteiger partial charge on any atom is 0.573 e. The molecule has 2 rings (SSSR count). The summed E-state index contributed by atoms with van der Waals surface area (Å²) in [5.41, 5.74) is -1.39. The molecule has 0 bridgehead atoms. The summed E-state index contributed by atoms with van der Waals surface area (Å²) in [5.74, 6) is -0.390. The van der Waals surface area contributed by atoms with Gasteiger partial charge in [-0.3, -0.25) is 0 Å². The number of alkyl halides is 4. The fourth-order valence-corrected chi connectivity index (χ4v) is 1.88. The summed E-state index contributed by atoms with van der Waals surface area (Å²) in [7, 11) is 0. The van der Waals surface area contributed by atoms with Gasteiger partial charge in [0.2, 0.25) is 0 Å². The minimum atomic E-state index is -4.75. The van der Waals surface area contributed by atoms with Crippen molar-refractivity contribution in [3.8, 4) is 5.75 Å². The van der Waals surface area contributed by atoms with Gasteiger partial charge in [0.05, 0.1) is 0 Å².